The Labute approximate surface area is 128 Å². The fourth-order valence-corrected chi connectivity index (χ4v) is 4.73. The maximum absolute atomic E-state index is 12.7. The minimum Gasteiger partial charge on any atom is -0.385 e. The van der Waals surface area contributed by atoms with Gasteiger partial charge in [0.25, 0.3) is 0 Å². The standard InChI is InChI=1S/C16H26N2O2S/c1-4-13(5-2)12(3)18-21(19,20)16-10-6-9-15-14(16)8-7-11-17-15/h6,9-10,12-13,17-18H,4-5,7-8,11H2,1-3H3. The van der Waals surface area contributed by atoms with Gasteiger partial charge >= 0.3 is 0 Å². The summed E-state index contributed by atoms with van der Waals surface area (Å²) in [5.41, 5.74) is 1.88. The molecule has 118 valence electrons. The van der Waals surface area contributed by atoms with Crippen molar-refractivity contribution in [2.75, 3.05) is 11.9 Å². The van der Waals surface area contributed by atoms with Crippen molar-refractivity contribution in [3.8, 4) is 0 Å². The van der Waals surface area contributed by atoms with E-state index in [1.54, 1.807) is 6.07 Å². The van der Waals surface area contributed by atoms with Crippen LogP contribution in [-0.4, -0.2) is 21.0 Å². The van der Waals surface area contributed by atoms with E-state index in [1.807, 2.05) is 19.1 Å². The summed E-state index contributed by atoms with van der Waals surface area (Å²) in [6.45, 7) is 7.08. The minimum atomic E-state index is -3.46. The maximum atomic E-state index is 12.7. The van der Waals surface area contributed by atoms with E-state index in [1.165, 1.54) is 0 Å². The molecule has 0 aromatic heterocycles. The molecule has 0 bridgehead atoms. The summed E-state index contributed by atoms with van der Waals surface area (Å²) < 4.78 is 28.3. The molecule has 21 heavy (non-hydrogen) atoms. The zero-order valence-electron chi connectivity index (χ0n) is 13.1. The highest BCUT2D eigenvalue weighted by Crippen LogP contribution is 2.28. The van der Waals surface area contributed by atoms with Crippen LogP contribution in [-0.2, 0) is 16.4 Å². The first-order valence-electron chi connectivity index (χ1n) is 7.87. The Bertz CT molecular complexity index is 580. The molecular weight excluding hydrogens is 284 g/mol. The second-order valence-electron chi connectivity index (χ2n) is 5.80. The molecule has 0 aliphatic carbocycles. The SMILES string of the molecule is CCC(CC)C(C)NS(=O)(=O)c1cccc2c1CCCN2. The van der Waals surface area contributed by atoms with Gasteiger partial charge in [-0.2, -0.15) is 0 Å². The lowest BCUT2D eigenvalue weighted by Gasteiger charge is -2.25. The van der Waals surface area contributed by atoms with E-state index >= 15 is 0 Å². The molecule has 1 unspecified atom stereocenters. The second-order valence-corrected chi connectivity index (χ2v) is 7.48. The molecule has 1 aliphatic rings. The van der Waals surface area contributed by atoms with Crippen LogP contribution in [0.3, 0.4) is 0 Å². The molecule has 0 saturated heterocycles. The first kappa shape index (κ1) is 16.3. The molecule has 4 nitrogen and oxygen atoms in total. The Morgan fingerprint density at radius 1 is 1.29 bits per heavy atom. The summed E-state index contributed by atoms with van der Waals surface area (Å²) in [6, 6.07) is 5.44. The van der Waals surface area contributed by atoms with Gasteiger partial charge in [-0.25, -0.2) is 13.1 Å². The molecule has 0 spiro atoms. The van der Waals surface area contributed by atoms with E-state index in [0.29, 0.717) is 10.8 Å². The Kier molecular flexibility index (Phi) is 5.27. The van der Waals surface area contributed by atoms with E-state index in [-0.39, 0.29) is 6.04 Å². The van der Waals surface area contributed by atoms with Crippen molar-refractivity contribution in [1.29, 1.82) is 0 Å². The predicted octanol–water partition coefficient (Wildman–Crippen LogP) is 3.15. The average Bonchev–Trinajstić information content (AvgIpc) is 2.47. The van der Waals surface area contributed by atoms with Crippen molar-refractivity contribution in [2.45, 2.75) is 57.4 Å². The van der Waals surface area contributed by atoms with Crippen LogP contribution >= 0.6 is 0 Å². The van der Waals surface area contributed by atoms with Gasteiger partial charge in [-0.15, -0.1) is 0 Å². The van der Waals surface area contributed by atoms with Gasteiger partial charge in [-0.05, 0) is 43.4 Å². The number of hydrogen-bond acceptors (Lipinski definition) is 3. The summed E-state index contributed by atoms with van der Waals surface area (Å²) in [7, 11) is -3.46. The van der Waals surface area contributed by atoms with Crippen molar-refractivity contribution in [2.24, 2.45) is 5.92 Å². The van der Waals surface area contributed by atoms with Gasteiger partial charge < -0.3 is 5.32 Å². The van der Waals surface area contributed by atoms with Crippen molar-refractivity contribution in [3.63, 3.8) is 0 Å². The largest absolute Gasteiger partial charge is 0.385 e. The first-order valence-corrected chi connectivity index (χ1v) is 9.36. The lowest BCUT2D eigenvalue weighted by Crippen LogP contribution is -2.38. The number of anilines is 1. The normalized spacial score (nSPS) is 16.4. The van der Waals surface area contributed by atoms with Gasteiger partial charge in [0.15, 0.2) is 0 Å². The van der Waals surface area contributed by atoms with Crippen molar-refractivity contribution in [1.82, 2.24) is 4.72 Å². The molecule has 1 atom stereocenters. The van der Waals surface area contributed by atoms with Crippen LogP contribution < -0.4 is 10.0 Å². The van der Waals surface area contributed by atoms with Crippen LogP contribution in [0.2, 0.25) is 0 Å². The number of sulfonamides is 1. The highest BCUT2D eigenvalue weighted by atomic mass is 32.2. The van der Waals surface area contributed by atoms with Crippen molar-refractivity contribution in [3.05, 3.63) is 23.8 Å². The number of benzene rings is 1. The molecule has 2 rings (SSSR count). The molecule has 1 aliphatic heterocycles. The molecule has 0 saturated carbocycles. The van der Waals surface area contributed by atoms with E-state index in [2.05, 4.69) is 23.9 Å². The third-order valence-corrected chi connectivity index (χ3v) is 6.08. The molecule has 1 heterocycles. The topological polar surface area (TPSA) is 58.2 Å². The number of rotatable bonds is 6. The van der Waals surface area contributed by atoms with Crippen LogP contribution in [0.15, 0.2) is 23.1 Å². The van der Waals surface area contributed by atoms with E-state index in [4.69, 9.17) is 0 Å². The zero-order chi connectivity index (χ0) is 15.5. The summed E-state index contributed by atoms with van der Waals surface area (Å²) in [6.07, 6.45) is 3.75. The van der Waals surface area contributed by atoms with E-state index in [9.17, 15) is 8.42 Å². The summed E-state index contributed by atoms with van der Waals surface area (Å²) in [5.74, 6) is 0.373. The number of fused-ring (bicyclic) bond motifs is 1. The maximum Gasteiger partial charge on any atom is 0.241 e. The fraction of sp³-hybridized carbons (Fsp3) is 0.625. The third kappa shape index (κ3) is 3.58. The van der Waals surface area contributed by atoms with Gasteiger partial charge in [0.1, 0.15) is 0 Å². The molecule has 0 fully saturated rings. The molecule has 1 aromatic rings. The Hall–Kier alpha value is -1.07. The number of hydrogen-bond donors (Lipinski definition) is 2. The van der Waals surface area contributed by atoms with Crippen LogP contribution in [0.1, 0.15) is 45.6 Å². The van der Waals surface area contributed by atoms with Crippen LogP contribution in [0.25, 0.3) is 0 Å². The van der Waals surface area contributed by atoms with E-state index in [0.717, 1.165) is 43.5 Å². The van der Waals surface area contributed by atoms with Crippen LogP contribution in [0.5, 0.6) is 0 Å². The summed E-state index contributed by atoms with van der Waals surface area (Å²) in [4.78, 5) is 0.435. The molecule has 0 amide bonds. The van der Waals surface area contributed by atoms with Crippen LogP contribution in [0.4, 0.5) is 5.69 Å². The summed E-state index contributed by atoms with van der Waals surface area (Å²) >= 11 is 0. The Morgan fingerprint density at radius 3 is 2.67 bits per heavy atom. The second kappa shape index (κ2) is 6.79. The van der Waals surface area contributed by atoms with Gasteiger partial charge in [-0.1, -0.05) is 32.8 Å². The number of nitrogens with one attached hydrogen (secondary N) is 2. The predicted molar refractivity (Wildman–Crippen MR) is 87.1 cm³/mol. The first-order chi connectivity index (χ1) is 9.99. The Morgan fingerprint density at radius 2 is 2.00 bits per heavy atom. The highest BCUT2D eigenvalue weighted by Gasteiger charge is 2.25. The zero-order valence-corrected chi connectivity index (χ0v) is 14.0. The Balaban J connectivity index is 2.28. The lowest BCUT2D eigenvalue weighted by molar-refractivity contribution is 0.390. The molecule has 5 heteroatoms. The molecule has 2 N–H and O–H groups in total. The van der Waals surface area contributed by atoms with Gasteiger partial charge in [-0.3, -0.25) is 0 Å². The average molecular weight is 310 g/mol. The minimum absolute atomic E-state index is 0.0441. The smallest absolute Gasteiger partial charge is 0.241 e. The summed E-state index contributed by atoms with van der Waals surface area (Å²) in [5, 5.41) is 3.28. The highest BCUT2D eigenvalue weighted by molar-refractivity contribution is 7.89. The fourth-order valence-electron chi connectivity index (χ4n) is 3.13. The van der Waals surface area contributed by atoms with E-state index < -0.39 is 10.0 Å². The van der Waals surface area contributed by atoms with Gasteiger partial charge in [0.2, 0.25) is 10.0 Å². The van der Waals surface area contributed by atoms with Gasteiger partial charge in [0.05, 0.1) is 4.90 Å². The third-order valence-electron chi connectivity index (χ3n) is 4.44. The quantitative estimate of drug-likeness (QED) is 0.848. The van der Waals surface area contributed by atoms with Crippen molar-refractivity contribution < 1.29 is 8.42 Å². The molecule has 0 radical (unpaired) electrons. The molecule has 1 aromatic carbocycles. The van der Waals surface area contributed by atoms with Crippen LogP contribution in [0, 0.1) is 5.92 Å². The lowest BCUT2D eigenvalue weighted by atomic mass is 9.96. The monoisotopic (exact) mass is 310 g/mol. The molecular formula is C16H26N2O2S. The van der Waals surface area contributed by atoms with Gasteiger partial charge in [0, 0.05) is 18.3 Å². The van der Waals surface area contributed by atoms with Crippen molar-refractivity contribution >= 4 is 15.7 Å².